The van der Waals surface area contributed by atoms with Crippen molar-refractivity contribution in [1.82, 2.24) is 0 Å². The van der Waals surface area contributed by atoms with Gasteiger partial charge in [0.1, 0.15) is 0 Å². The summed E-state index contributed by atoms with van der Waals surface area (Å²) in [6.07, 6.45) is 12.2. The number of ether oxygens (including phenoxy) is 1. The van der Waals surface area contributed by atoms with E-state index in [1.54, 1.807) is 31.2 Å². The predicted molar refractivity (Wildman–Crippen MR) is 111 cm³/mol. The van der Waals surface area contributed by atoms with Crippen molar-refractivity contribution in [1.29, 1.82) is 0 Å². The standard InChI is InChI=1S/C22H36O4S/c1-3-4-5-6-7-8-9-10-11-14-18-26-22(23)17-19-27(24,25)21-16-13-12-15-20(21)2/h12-13,15-16H,3-11,14,17-19H2,1-2H3. The Balaban J connectivity index is 2.07. The Hall–Kier alpha value is -1.36. The first-order valence-electron chi connectivity index (χ1n) is 10.4. The number of sulfone groups is 1. The molecule has 0 saturated carbocycles. The molecule has 0 unspecified atom stereocenters. The van der Waals surface area contributed by atoms with Crippen molar-refractivity contribution < 1.29 is 17.9 Å². The molecule has 4 nitrogen and oxygen atoms in total. The largest absolute Gasteiger partial charge is 0.466 e. The van der Waals surface area contributed by atoms with Gasteiger partial charge in [-0.25, -0.2) is 8.42 Å². The van der Waals surface area contributed by atoms with E-state index in [-0.39, 0.29) is 12.2 Å². The van der Waals surface area contributed by atoms with Gasteiger partial charge in [-0.1, -0.05) is 82.9 Å². The molecule has 0 heterocycles. The first-order chi connectivity index (χ1) is 13.0. The number of carbonyl (C=O) groups excluding carboxylic acids is 1. The van der Waals surface area contributed by atoms with Crippen LogP contribution in [0.1, 0.15) is 83.1 Å². The van der Waals surface area contributed by atoms with E-state index < -0.39 is 15.8 Å². The van der Waals surface area contributed by atoms with Gasteiger partial charge in [0.2, 0.25) is 0 Å². The molecule has 0 aliphatic rings. The van der Waals surface area contributed by atoms with Gasteiger partial charge in [0.05, 0.1) is 23.7 Å². The van der Waals surface area contributed by atoms with Crippen molar-refractivity contribution in [3.63, 3.8) is 0 Å². The Labute approximate surface area is 165 Å². The number of hydrogen-bond donors (Lipinski definition) is 0. The lowest BCUT2D eigenvalue weighted by atomic mass is 10.1. The van der Waals surface area contributed by atoms with E-state index in [0.717, 1.165) is 12.8 Å². The number of unbranched alkanes of at least 4 members (excludes halogenated alkanes) is 9. The maximum absolute atomic E-state index is 12.3. The molecule has 0 aliphatic heterocycles. The maximum Gasteiger partial charge on any atom is 0.306 e. The number of benzene rings is 1. The molecule has 0 radical (unpaired) electrons. The molecule has 5 heteroatoms. The van der Waals surface area contributed by atoms with E-state index in [4.69, 9.17) is 4.74 Å². The molecule has 0 spiro atoms. The lowest BCUT2D eigenvalue weighted by Gasteiger charge is -2.08. The van der Waals surface area contributed by atoms with Gasteiger partial charge in [0.25, 0.3) is 0 Å². The van der Waals surface area contributed by atoms with Gasteiger partial charge in [-0.2, -0.15) is 0 Å². The summed E-state index contributed by atoms with van der Waals surface area (Å²) in [5.74, 6) is -0.627. The molecular weight excluding hydrogens is 360 g/mol. The van der Waals surface area contributed by atoms with Crippen LogP contribution in [-0.2, 0) is 19.4 Å². The highest BCUT2D eigenvalue weighted by Crippen LogP contribution is 2.17. The van der Waals surface area contributed by atoms with Crippen LogP contribution < -0.4 is 0 Å². The zero-order valence-corrected chi connectivity index (χ0v) is 17.9. The Morgan fingerprint density at radius 1 is 0.889 bits per heavy atom. The van der Waals surface area contributed by atoms with Crippen molar-refractivity contribution in [2.24, 2.45) is 0 Å². The molecule has 0 atom stereocenters. The molecule has 0 aliphatic carbocycles. The quantitative estimate of drug-likeness (QED) is 0.285. The fraction of sp³-hybridized carbons (Fsp3) is 0.682. The lowest BCUT2D eigenvalue weighted by molar-refractivity contribution is -0.143. The Morgan fingerprint density at radius 3 is 2.04 bits per heavy atom. The van der Waals surface area contributed by atoms with Gasteiger partial charge in [-0.3, -0.25) is 4.79 Å². The van der Waals surface area contributed by atoms with Crippen molar-refractivity contribution in [2.45, 2.75) is 89.4 Å². The summed E-state index contributed by atoms with van der Waals surface area (Å²) in [4.78, 5) is 12.1. The minimum absolute atomic E-state index is 0.0889. The summed E-state index contributed by atoms with van der Waals surface area (Å²) >= 11 is 0. The van der Waals surface area contributed by atoms with Gasteiger partial charge >= 0.3 is 5.97 Å². The number of aryl methyl sites for hydroxylation is 1. The van der Waals surface area contributed by atoms with Crippen LogP contribution >= 0.6 is 0 Å². The molecular formula is C22H36O4S. The molecule has 27 heavy (non-hydrogen) atoms. The molecule has 1 rings (SSSR count). The first kappa shape index (κ1) is 23.7. The molecule has 154 valence electrons. The Bertz CT molecular complexity index is 637. The van der Waals surface area contributed by atoms with Gasteiger partial charge in [0.15, 0.2) is 9.84 Å². The van der Waals surface area contributed by atoms with Crippen LogP contribution in [-0.4, -0.2) is 26.7 Å². The minimum Gasteiger partial charge on any atom is -0.466 e. The normalized spacial score (nSPS) is 11.5. The third-order valence-electron chi connectivity index (χ3n) is 4.76. The highest BCUT2D eigenvalue weighted by Gasteiger charge is 2.18. The van der Waals surface area contributed by atoms with Gasteiger partial charge < -0.3 is 4.74 Å². The van der Waals surface area contributed by atoms with E-state index in [9.17, 15) is 13.2 Å². The summed E-state index contributed by atoms with van der Waals surface area (Å²) in [7, 11) is -3.44. The maximum atomic E-state index is 12.3. The van der Waals surface area contributed by atoms with Crippen LogP contribution in [0.5, 0.6) is 0 Å². The monoisotopic (exact) mass is 396 g/mol. The second kappa shape index (κ2) is 13.8. The highest BCUT2D eigenvalue weighted by molar-refractivity contribution is 7.91. The molecule has 0 bridgehead atoms. The summed E-state index contributed by atoms with van der Waals surface area (Å²) in [5.41, 5.74) is 0.705. The third-order valence-corrected chi connectivity index (χ3v) is 6.63. The first-order valence-corrected chi connectivity index (χ1v) is 12.1. The summed E-state index contributed by atoms with van der Waals surface area (Å²) < 4.78 is 29.8. The number of rotatable bonds is 15. The molecule has 1 aromatic rings. The highest BCUT2D eigenvalue weighted by atomic mass is 32.2. The Morgan fingerprint density at radius 2 is 1.44 bits per heavy atom. The average molecular weight is 397 g/mol. The summed E-state index contributed by atoms with van der Waals surface area (Å²) in [6, 6.07) is 6.84. The van der Waals surface area contributed by atoms with E-state index >= 15 is 0 Å². The number of hydrogen-bond acceptors (Lipinski definition) is 4. The summed E-state index contributed by atoms with van der Waals surface area (Å²) in [6.45, 7) is 4.38. The number of carbonyl (C=O) groups is 1. The SMILES string of the molecule is CCCCCCCCCCCCOC(=O)CCS(=O)(=O)c1ccccc1C. The van der Waals surface area contributed by atoms with E-state index in [0.29, 0.717) is 17.1 Å². The smallest absolute Gasteiger partial charge is 0.306 e. The molecule has 0 saturated heterocycles. The topological polar surface area (TPSA) is 60.4 Å². The molecule has 0 amide bonds. The van der Waals surface area contributed by atoms with E-state index in [1.807, 2.05) is 0 Å². The zero-order chi connectivity index (χ0) is 20.0. The summed E-state index contributed by atoms with van der Waals surface area (Å²) in [5, 5.41) is 0. The molecule has 1 aromatic carbocycles. The van der Waals surface area contributed by atoms with Crippen molar-refractivity contribution >= 4 is 15.8 Å². The second-order valence-corrected chi connectivity index (χ2v) is 9.31. The van der Waals surface area contributed by atoms with Crippen LogP contribution in [0.25, 0.3) is 0 Å². The van der Waals surface area contributed by atoms with Crippen LogP contribution in [0, 0.1) is 6.92 Å². The molecule has 0 N–H and O–H groups in total. The zero-order valence-electron chi connectivity index (χ0n) is 17.0. The van der Waals surface area contributed by atoms with E-state index in [1.165, 1.54) is 51.4 Å². The fourth-order valence-electron chi connectivity index (χ4n) is 3.08. The van der Waals surface area contributed by atoms with Gasteiger partial charge in [-0.15, -0.1) is 0 Å². The number of esters is 1. The minimum atomic E-state index is -3.44. The fourth-order valence-corrected chi connectivity index (χ4v) is 4.58. The van der Waals surface area contributed by atoms with Crippen LogP contribution in [0.2, 0.25) is 0 Å². The Kier molecular flexibility index (Phi) is 12.1. The van der Waals surface area contributed by atoms with E-state index in [2.05, 4.69) is 6.92 Å². The van der Waals surface area contributed by atoms with Gasteiger partial charge in [0, 0.05) is 0 Å². The van der Waals surface area contributed by atoms with Crippen molar-refractivity contribution in [3.8, 4) is 0 Å². The molecule has 0 aromatic heterocycles. The van der Waals surface area contributed by atoms with Crippen LogP contribution in [0.3, 0.4) is 0 Å². The van der Waals surface area contributed by atoms with Crippen LogP contribution in [0.15, 0.2) is 29.2 Å². The average Bonchev–Trinajstić information content (AvgIpc) is 2.65. The van der Waals surface area contributed by atoms with Crippen molar-refractivity contribution in [3.05, 3.63) is 29.8 Å². The van der Waals surface area contributed by atoms with Crippen molar-refractivity contribution in [2.75, 3.05) is 12.4 Å². The van der Waals surface area contributed by atoms with Crippen LogP contribution in [0.4, 0.5) is 0 Å². The van der Waals surface area contributed by atoms with Gasteiger partial charge in [-0.05, 0) is 25.0 Å². The predicted octanol–water partition coefficient (Wildman–Crippen LogP) is 5.62. The second-order valence-electron chi connectivity index (χ2n) is 7.24. The molecule has 0 fully saturated rings. The lowest BCUT2D eigenvalue weighted by Crippen LogP contribution is -2.14. The third kappa shape index (κ3) is 10.5.